The minimum atomic E-state index is -0.912. The van der Waals surface area contributed by atoms with E-state index in [1.54, 1.807) is 11.8 Å². The van der Waals surface area contributed by atoms with Crippen molar-refractivity contribution in [1.29, 1.82) is 0 Å². The van der Waals surface area contributed by atoms with Crippen LogP contribution < -0.4 is 9.47 Å². The Labute approximate surface area is 168 Å². The van der Waals surface area contributed by atoms with E-state index in [0.717, 1.165) is 12.0 Å². The van der Waals surface area contributed by atoms with Crippen LogP contribution in [0.2, 0.25) is 5.02 Å². The average molecular weight is 404 g/mol. The molecule has 6 nitrogen and oxygen atoms in total. The van der Waals surface area contributed by atoms with Gasteiger partial charge < -0.3 is 19.1 Å². The van der Waals surface area contributed by atoms with Crippen molar-refractivity contribution >= 4 is 23.5 Å². The summed E-state index contributed by atoms with van der Waals surface area (Å²) in [6.45, 7) is 2.68. The third kappa shape index (κ3) is 4.07. The number of benzene rings is 2. The summed E-state index contributed by atoms with van der Waals surface area (Å²) in [7, 11) is 2.91. The molecule has 0 radical (unpaired) electrons. The maximum absolute atomic E-state index is 12.7. The topological polar surface area (TPSA) is 65.1 Å². The van der Waals surface area contributed by atoms with Gasteiger partial charge in [-0.15, -0.1) is 0 Å². The van der Waals surface area contributed by atoms with E-state index >= 15 is 0 Å². The molecule has 0 N–H and O–H groups in total. The molecule has 1 heterocycles. The van der Waals surface area contributed by atoms with Crippen molar-refractivity contribution < 1.29 is 23.8 Å². The number of carbonyl (C=O) groups excluding carboxylic acids is 2. The van der Waals surface area contributed by atoms with Gasteiger partial charge in [-0.05, 0) is 36.6 Å². The van der Waals surface area contributed by atoms with Crippen LogP contribution in [0.3, 0.4) is 0 Å². The van der Waals surface area contributed by atoms with Gasteiger partial charge in [-0.2, -0.15) is 0 Å². The fourth-order valence-corrected chi connectivity index (χ4v) is 3.54. The lowest BCUT2D eigenvalue weighted by Gasteiger charge is -2.30. The van der Waals surface area contributed by atoms with Gasteiger partial charge in [0, 0.05) is 13.1 Å². The van der Waals surface area contributed by atoms with Crippen molar-refractivity contribution in [3.63, 3.8) is 0 Å². The maximum atomic E-state index is 12.7. The van der Waals surface area contributed by atoms with Crippen LogP contribution >= 0.6 is 11.6 Å². The highest BCUT2D eigenvalue weighted by Gasteiger charge is 2.27. The summed E-state index contributed by atoms with van der Waals surface area (Å²) < 4.78 is 15.7. The average Bonchev–Trinajstić information content (AvgIpc) is 2.71. The summed E-state index contributed by atoms with van der Waals surface area (Å²) in [6, 6.07) is 10.9. The maximum Gasteiger partial charge on any atom is 0.339 e. The summed E-state index contributed by atoms with van der Waals surface area (Å²) in [5.41, 5.74) is 2.55. The molecule has 0 bridgehead atoms. The summed E-state index contributed by atoms with van der Waals surface area (Å²) in [5, 5.41) is 0.223. The standard InChI is InChI=1S/C21H22ClNO5/c1-13(20(24)23-9-8-14-6-4-5-7-15(14)12-23)28-21(25)16-10-17(22)19(27-3)18(11-16)26-2/h4-7,10-11,13H,8-9,12H2,1-3H3/t13-/m0/s1. The lowest BCUT2D eigenvalue weighted by Crippen LogP contribution is -2.42. The SMILES string of the molecule is COc1cc(C(=O)O[C@@H](C)C(=O)N2CCc3ccccc3C2)cc(Cl)c1OC. The molecule has 1 aliphatic rings. The molecular weight excluding hydrogens is 382 g/mol. The molecule has 0 aliphatic carbocycles. The predicted molar refractivity (Wildman–Crippen MR) is 105 cm³/mol. The van der Waals surface area contributed by atoms with Crippen LogP contribution in [0, 0.1) is 0 Å². The van der Waals surface area contributed by atoms with Crippen molar-refractivity contribution in [2.75, 3.05) is 20.8 Å². The lowest BCUT2D eigenvalue weighted by atomic mass is 9.99. The second-order valence-electron chi connectivity index (χ2n) is 6.52. The van der Waals surface area contributed by atoms with Crippen LogP contribution in [0.1, 0.15) is 28.4 Å². The van der Waals surface area contributed by atoms with E-state index in [4.69, 9.17) is 25.8 Å². The quantitative estimate of drug-likeness (QED) is 0.715. The Kier molecular flexibility index (Phi) is 6.09. The van der Waals surface area contributed by atoms with Crippen molar-refractivity contribution in [1.82, 2.24) is 4.90 Å². The number of hydrogen-bond donors (Lipinski definition) is 0. The number of carbonyl (C=O) groups is 2. The molecule has 0 unspecified atom stereocenters. The molecule has 2 aromatic carbocycles. The molecule has 0 saturated heterocycles. The number of rotatable bonds is 5. The lowest BCUT2D eigenvalue weighted by molar-refractivity contribution is -0.140. The molecule has 28 heavy (non-hydrogen) atoms. The Morgan fingerprint density at radius 2 is 1.82 bits per heavy atom. The first-order valence-corrected chi connectivity index (χ1v) is 9.30. The van der Waals surface area contributed by atoms with Gasteiger partial charge in [0.15, 0.2) is 17.6 Å². The van der Waals surface area contributed by atoms with Crippen LogP contribution in [-0.2, 0) is 22.5 Å². The zero-order valence-electron chi connectivity index (χ0n) is 16.0. The Bertz CT molecular complexity index is 898. The predicted octanol–water partition coefficient (Wildman–Crippen LogP) is 3.49. The number of nitrogens with zero attached hydrogens (tertiary/aromatic N) is 1. The Hall–Kier alpha value is -2.73. The highest BCUT2D eigenvalue weighted by atomic mass is 35.5. The van der Waals surface area contributed by atoms with Gasteiger partial charge in [0.25, 0.3) is 5.91 Å². The van der Waals surface area contributed by atoms with E-state index in [2.05, 4.69) is 6.07 Å². The smallest absolute Gasteiger partial charge is 0.339 e. The molecule has 0 fully saturated rings. The van der Waals surface area contributed by atoms with Crippen LogP contribution in [0.5, 0.6) is 11.5 Å². The first-order chi connectivity index (χ1) is 13.4. The molecule has 0 saturated carbocycles. The van der Waals surface area contributed by atoms with Gasteiger partial charge in [-0.1, -0.05) is 35.9 Å². The van der Waals surface area contributed by atoms with Crippen molar-refractivity contribution in [3.05, 3.63) is 58.1 Å². The normalized spacial score (nSPS) is 14.1. The molecular formula is C21H22ClNO5. The number of ether oxygens (including phenoxy) is 3. The van der Waals surface area contributed by atoms with E-state index in [1.807, 2.05) is 18.2 Å². The molecule has 1 aliphatic heterocycles. The van der Waals surface area contributed by atoms with Crippen molar-refractivity contribution in [2.45, 2.75) is 26.0 Å². The molecule has 1 atom stereocenters. The number of halogens is 1. The van der Waals surface area contributed by atoms with Gasteiger partial charge in [0.2, 0.25) is 0 Å². The summed E-state index contributed by atoms with van der Waals surface area (Å²) in [5.74, 6) is -0.235. The Balaban J connectivity index is 1.69. The fraction of sp³-hybridized carbons (Fsp3) is 0.333. The Morgan fingerprint density at radius 3 is 2.50 bits per heavy atom. The molecule has 3 rings (SSSR count). The monoisotopic (exact) mass is 403 g/mol. The summed E-state index contributed by atoms with van der Waals surface area (Å²) in [6.07, 6.45) is -0.127. The number of hydrogen-bond acceptors (Lipinski definition) is 5. The van der Waals surface area contributed by atoms with Crippen LogP contribution in [-0.4, -0.2) is 43.6 Å². The number of fused-ring (bicyclic) bond motifs is 1. The minimum Gasteiger partial charge on any atom is -0.493 e. The first-order valence-electron chi connectivity index (χ1n) is 8.92. The van der Waals surface area contributed by atoms with E-state index in [-0.39, 0.29) is 16.5 Å². The number of methoxy groups -OCH3 is 2. The Morgan fingerprint density at radius 1 is 1.11 bits per heavy atom. The molecule has 1 amide bonds. The van der Waals surface area contributed by atoms with Gasteiger partial charge in [0.1, 0.15) is 0 Å². The van der Waals surface area contributed by atoms with E-state index in [0.29, 0.717) is 24.6 Å². The van der Waals surface area contributed by atoms with Gasteiger partial charge in [0.05, 0.1) is 24.8 Å². The third-order valence-electron chi connectivity index (χ3n) is 4.74. The van der Waals surface area contributed by atoms with E-state index in [9.17, 15) is 9.59 Å². The highest BCUT2D eigenvalue weighted by molar-refractivity contribution is 6.32. The molecule has 2 aromatic rings. The number of amides is 1. The van der Waals surface area contributed by atoms with Crippen LogP contribution in [0.4, 0.5) is 0 Å². The summed E-state index contributed by atoms with van der Waals surface area (Å²) in [4.78, 5) is 27.0. The third-order valence-corrected chi connectivity index (χ3v) is 5.02. The molecule has 0 aromatic heterocycles. The second kappa shape index (κ2) is 8.52. The van der Waals surface area contributed by atoms with Crippen LogP contribution in [0.15, 0.2) is 36.4 Å². The van der Waals surface area contributed by atoms with Crippen molar-refractivity contribution in [3.8, 4) is 11.5 Å². The molecule has 0 spiro atoms. The largest absolute Gasteiger partial charge is 0.493 e. The minimum absolute atomic E-state index is 0.186. The molecule has 7 heteroatoms. The van der Waals surface area contributed by atoms with Crippen molar-refractivity contribution in [2.24, 2.45) is 0 Å². The van der Waals surface area contributed by atoms with Crippen LogP contribution in [0.25, 0.3) is 0 Å². The zero-order chi connectivity index (χ0) is 20.3. The summed E-state index contributed by atoms with van der Waals surface area (Å²) >= 11 is 6.14. The molecule has 148 valence electrons. The van der Waals surface area contributed by atoms with E-state index < -0.39 is 12.1 Å². The fourth-order valence-electron chi connectivity index (χ4n) is 3.26. The van der Waals surface area contributed by atoms with E-state index in [1.165, 1.54) is 31.9 Å². The first kappa shape index (κ1) is 20.0. The second-order valence-corrected chi connectivity index (χ2v) is 6.93. The van der Waals surface area contributed by atoms with Gasteiger partial charge in [-0.25, -0.2) is 4.79 Å². The number of esters is 1. The highest BCUT2D eigenvalue weighted by Crippen LogP contribution is 2.36. The van der Waals surface area contributed by atoms with Gasteiger partial charge in [-0.3, -0.25) is 4.79 Å². The zero-order valence-corrected chi connectivity index (χ0v) is 16.8. The van der Waals surface area contributed by atoms with Gasteiger partial charge >= 0.3 is 5.97 Å².